The van der Waals surface area contributed by atoms with Crippen molar-refractivity contribution in [2.75, 3.05) is 49.5 Å². The Kier molecular flexibility index (Phi) is 6.30. The Balaban J connectivity index is 1.36. The zero-order valence-electron chi connectivity index (χ0n) is 14.4. The van der Waals surface area contributed by atoms with Crippen molar-refractivity contribution >= 4 is 29.0 Å². The lowest BCUT2D eigenvalue weighted by Gasteiger charge is -2.36. The molecule has 0 saturated carbocycles. The zero-order valence-corrected chi connectivity index (χ0v) is 15.2. The average molecular weight is 377 g/mol. The minimum Gasteiger partial charge on any atom is -0.369 e. The Labute approximate surface area is 157 Å². The first-order valence-electron chi connectivity index (χ1n) is 8.63. The zero-order chi connectivity index (χ0) is 18.4. The fourth-order valence-electron chi connectivity index (χ4n) is 2.95. The van der Waals surface area contributed by atoms with Gasteiger partial charge in [0.15, 0.2) is 0 Å². The van der Waals surface area contributed by atoms with Crippen molar-refractivity contribution in [3.63, 3.8) is 0 Å². The number of piperazine rings is 1. The summed E-state index contributed by atoms with van der Waals surface area (Å²) < 4.78 is 13.0. The van der Waals surface area contributed by atoms with Crippen molar-refractivity contribution < 1.29 is 9.18 Å². The fraction of sp³-hybridized carbons (Fsp3) is 0.316. The van der Waals surface area contributed by atoms with Crippen molar-refractivity contribution in [2.45, 2.75) is 0 Å². The van der Waals surface area contributed by atoms with Crippen molar-refractivity contribution in [1.82, 2.24) is 10.2 Å². The van der Waals surface area contributed by atoms with Crippen LogP contribution in [0.5, 0.6) is 0 Å². The SMILES string of the molecule is O=C(NCCN1CCN(c2ccc(F)cc2)CC1)Nc1cccc(Cl)c1. The average Bonchev–Trinajstić information content (AvgIpc) is 2.63. The molecular formula is C19H22ClFN4O. The Morgan fingerprint density at radius 1 is 1.08 bits per heavy atom. The third-order valence-electron chi connectivity index (χ3n) is 4.36. The van der Waals surface area contributed by atoms with Crippen LogP contribution in [-0.2, 0) is 0 Å². The van der Waals surface area contributed by atoms with Crippen LogP contribution in [-0.4, -0.2) is 50.2 Å². The summed E-state index contributed by atoms with van der Waals surface area (Å²) in [6, 6.07) is 13.4. The van der Waals surface area contributed by atoms with Crippen LogP contribution in [0, 0.1) is 5.82 Å². The quantitative estimate of drug-likeness (QED) is 0.840. The van der Waals surface area contributed by atoms with Gasteiger partial charge in [0.1, 0.15) is 5.82 Å². The summed E-state index contributed by atoms with van der Waals surface area (Å²) in [4.78, 5) is 16.5. The molecule has 1 heterocycles. The Morgan fingerprint density at radius 2 is 1.81 bits per heavy atom. The molecule has 1 aliphatic rings. The standard InChI is InChI=1S/C19H22ClFN4O/c20-15-2-1-3-17(14-15)23-19(26)22-8-9-24-10-12-25(13-11-24)18-6-4-16(21)5-7-18/h1-7,14H,8-13H2,(H2,22,23,26). The molecule has 5 nitrogen and oxygen atoms in total. The Bertz CT molecular complexity index is 733. The highest BCUT2D eigenvalue weighted by atomic mass is 35.5. The van der Waals surface area contributed by atoms with Crippen LogP contribution in [0.3, 0.4) is 0 Å². The van der Waals surface area contributed by atoms with E-state index in [1.807, 2.05) is 12.1 Å². The number of benzene rings is 2. The molecule has 138 valence electrons. The first kappa shape index (κ1) is 18.5. The molecule has 0 spiro atoms. The second-order valence-corrected chi connectivity index (χ2v) is 6.63. The van der Waals surface area contributed by atoms with E-state index < -0.39 is 0 Å². The first-order chi connectivity index (χ1) is 12.6. The minimum absolute atomic E-state index is 0.213. The van der Waals surface area contributed by atoms with E-state index >= 15 is 0 Å². The number of carbonyl (C=O) groups is 1. The molecule has 3 rings (SSSR count). The highest BCUT2D eigenvalue weighted by Crippen LogP contribution is 2.17. The highest BCUT2D eigenvalue weighted by Gasteiger charge is 2.17. The van der Waals surface area contributed by atoms with Crippen LogP contribution in [0.2, 0.25) is 5.02 Å². The molecule has 1 saturated heterocycles. The van der Waals surface area contributed by atoms with Gasteiger partial charge in [0.2, 0.25) is 0 Å². The van der Waals surface area contributed by atoms with E-state index in [0.717, 1.165) is 38.4 Å². The van der Waals surface area contributed by atoms with Gasteiger partial charge in [-0.25, -0.2) is 9.18 Å². The summed E-state index contributed by atoms with van der Waals surface area (Å²) in [6.07, 6.45) is 0. The van der Waals surface area contributed by atoms with E-state index in [2.05, 4.69) is 20.4 Å². The maximum absolute atomic E-state index is 13.0. The molecular weight excluding hydrogens is 355 g/mol. The number of hydrogen-bond acceptors (Lipinski definition) is 3. The third kappa shape index (κ3) is 5.34. The molecule has 0 unspecified atom stereocenters. The molecule has 1 fully saturated rings. The molecule has 2 aromatic carbocycles. The topological polar surface area (TPSA) is 47.6 Å². The summed E-state index contributed by atoms with van der Waals surface area (Å²) in [5.74, 6) is -0.213. The van der Waals surface area contributed by atoms with Gasteiger partial charge in [-0.05, 0) is 42.5 Å². The second kappa shape index (κ2) is 8.87. The predicted octanol–water partition coefficient (Wildman–Crippen LogP) is 3.42. The predicted molar refractivity (Wildman–Crippen MR) is 104 cm³/mol. The molecule has 2 N–H and O–H groups in total. The van der Waals surface area contributed by atoms with E-state index in [4.69, 9.17) is 11.6 Å². The molecule has 0 aromatic heterocycles. The summed E-state index contributed by atoms with van der Waals surface area (Å²) in [6.45, 7) is 4.97. The molecule has 0 aliphatic carbocycles. The van der Waals surface area contributed by atoms with Crippen LogP contribution in [0.25, 0.3) is 0 Å². The molecule has 0 radical (unpaired) electrons. The number of anilines is 2. The van der Waals surface area contributed by atoms with Gasteiger partial charge in [0, 0.05) is 55.7 Å². The van der Waals surface area contributed by atoms with E-state index in [9.17, 15) is 9.18 Å². The van der Waals surface area contributed by atoms with Crippen LogP contribution in [0.4, 0.5) is 20.6 Å². The number of halogens is 2. The van der Waals surface area contributed by atoms with Crippen molar-refractivity contribution in [2.24, 2.45) is 0 Å². The molecule has 2 aromatic rings. The largest absolute Gasteiger partial charge is 0.369 e. The Hall–Kier alpha value is -2.31. The number of amides is 2. The lowest BCUT2D eigenvalue weighted by Crippen LogP contribution is -2.48. The van der Waals surface area contributed by atoms with Crippen LogP contribution >= 0.6 is 11.6 Å². The van der Waals surface area contributed by atoms with Gasteiger partial charge in [-0.15, -0.1) is 0 Å². The minimum atomic E-state index is -0.239. The third-order valence-corrected chi connectivity index (χ3v) is 4.60. The lowest BCUT2D eigenvalue weighted by atomic mass is 10.2. The first-order valence-corrected chi connectivity index (χ1v) is 9.01. The number of rotatable bonds is 5. The number of hydrogen-bond donors (Lipinski definition) is 2. The summed E-state index contributed by atoms with van der Waals surface area (Å²) in [5, 5.41) is 6.20. The summed E-state index contributed by atoms with van der Waals surface area (Å²) >= 11 is 5.90. The summed E-state index contributed by atoms with van der Waals surface area (Å²) in [5.41, 5.74) is 1.72. The smallest absolute Gasteiger partial charge is 0.319 e. The lowest BCUT2D eigenvalue weighted by molar-refractivity contribution is 0.240. The van der Waals surface area contributed by atoms with Crippen LogP contribution in [0.15, 0.2) is 48.5 Å². The number of urea groups is 1. The van der Waals surface area contributed by atoms with Gasteiger partial charge in [0.25, 0.3) is 0 Å². The fourth-order valence-corrected chi connectivity index (χ4v) is 3.14. The van der Waals surface area contributed by atoms with Crippen molar-refractivity contribution in [3.05, 3.63) is 59.4 Å². The van der Waals surface area contributed by atoms with E-state index in [1.54, 1.807) is 24.3 Å². The van der Waals surface area contributed by atoms with Gasteiger partial charge in [-0.1, -0.05) is 17.7 Å². The molecule has 0 bridgehead atoms. The van der Waals surface area contributed by atoms with Gasteiger partial charge in [-0.3, -0.25) is 4.90 Å². The second-order valence-electron chi connectivity index (χ2n) is 6.20. The number of nitrogens with one attached hydrogen (secondary N) is 2. The Morgan fingerprint density at radius 3 is 2.50 bits per heavy atom. The van der Waals surface area contributed by atoms with Crippen LogP contribution < -0.4 is 15.5 Å². The molecule has 2 amide bonds. The van der Waals surface area contributed by atoms with Gasteiger partial charge in [-0.2, -0.15) is 0 Å². The van der Waals surface area contributed by atoms with E-state index in [1.165, 1.54) is 12.1 Å². The van der Waals surface area contributed by atoms with Crippen molar-refractivity contribution in [1.29, 1.82) is 0 Å². The van der Waals surface area contributed by atoms with Gasteiger partial charge >= 0.3 is 6.03 Å². The number of carbonyl (C=O) groups excluding carboxylic acids is 1. The summed E-state index contributed by atoms with van der Waals surface area (Å²) in [7, 11) is 0. The maximum Gasteiger partial charge on any atom is 0.319 e. The molecule has 0 atom stereocenters. The highest BCUT2D eigenvalue weighted by molar-refractivity contribution is 6.30. The monoisotopic (exact) mass is 376 g/mol. The molecule has 7 heteroatoms. The van der Waals surface area contributed by atoms with E-state index in [-0.39, 0.29) is 11.8 Å². The van der Waals surface area contributed by atoms with Gasteiger partial charge in [0.05, 0.1) is 0 Å². The number of nitrogens with zero attached hydrogens (tertiary/aromatic N) is 2. The van der Waals surface area contributed by atoms with Gasteiger partial charge < -0.3 is 15.5 Å². The normalized spacial score (nSPS) is 14.9. The van der Waals surface area contributed by atoms with E-state index in [0.29, 0.717) is 17.3 Å². The maximum atomic E-state index is 13.0. The van der Waals surface area contributed by atoms with Crippen molar-refractivity contribution in [3.8, 4) is 0 Å². The molecule has 26 heavy (non-hydrogen) atoms. The molecule has 1 aliphatic heterocycles. The van der Waals surface area contributed by atoms with Crippen LogP contribution in [0.1, 0.15) is 0 Å².